The van der Waals surface area contributed by atoms with Crippen LogP contribution in [0.1, 0.15) is 41.1 Å². The van der Waals surface area contributed by atoms with Crippen molar-refractivity contribution in [2.75, 3.05) is 13.7 Å². The number of halogens is 1. The summed E-state index contributed by atoms with van der Waals surface area (Å²) in [5.74, 6) is -0.589. The van der Waals surface area contributed by atoms with Crippen molar-refractivity contribution in [1.82, 2.24) is 19.8 Å². The Labute approximate surface area is 192 Å². The fraction of sp³-hybridized carbons (Fsp3) is 0.292. The standard InChI is InChI=1S/C24H25FN4O2S/c1-15-14-17(16(2)29(15)20-10-5-4-8-18(20)25)23-22(19-9-6-7-12-26-19)27-24(32)28(23)13-11-21(30)31-3/h4-10,12,14,22-23H,11,13H2,1-3H3,(H,27,32)/t22-,23+/m1/s1. The lowest BCUT2D eigenvalue weighted by atomic mass is 9.96. The number of benzene rings is 1. The second-order valence-electron chi connectivity index (χ2n) is 7.76. The quantitative estimate of drug-likeness (QED) is 0.448. The SMILES string of the molecule is COC(=O)CCN1C(=S)N[C@H](c2ccccn2)[C@@H]1c1cc(C)n(-c2ccccc2F)c1C. The van der Waals surface area contributed by atoms with Gasteiger partial charge in [-0.15, -0.1) is 0 Å². The molecule has 2 aromatic heterocycles. The van der Waals surface area contributed by atoms with E-state index in [1.54, 1.807) is 18.3 Å². The molecular formula is C24H25FN4O2S. The number of nitrogens with one attached hydrogen (secondary N) is 1. The van der Waals surface area contributed by atoms with Gasteiger partial charge in [0.15, 0.2) is 5.11 Å². The van der Waals surface area contributed by atoms with Gasteiger partial charge in [-0.3, -0.25) is 9.78 Å². The Morgan fingerprint density at radius 3 is 2.66 bits per heavy atom. The van der Waals surface area contributed by atoms with Crippen molar-refractivity contribution in [2.24, 2.45) is 0 Å². The summed E-state index contributed by atoms with van der Waals surface area (Å²) in [6.45, 7) is 4.33. The Morgan fingerprint density at radius 2 is 1.97 bits per heavy atom. The molecular weight excluding hydrogens is 427 g/mol. The molecule has 0 aliphatic carbocycles. The number of para-hydroxylation sites is 1. The van der Waals surface area contributed by atoms with Gasteiger partial charge < -0.3 is 19.5 Å². The van der Waals surface area contributed by atoms with Crippen LogP contribution >= 0.6 is 12.2 Å². The minimum absolute atomic E-state index is 0.204. The van der Waals surface area contributed by atoms with Crippen LogP contribution in [-0.4, -0.2) is 39.2 Å². The number of ether oxygens (including phenoxy) is 1. The van der Waals surface area contributed by atoms with Crippen LogP contribution in [0.5, 0.6) is 0 Å². The fourth-order valence-corrected chi connectivity index (χ4v) is 4.72. The molecule has 1 aliphatic heterocycles. The molecule has 0 saturated carbocycles. The normalized spacial score (nSPS) is 18.0. The van der Waals surface area contributed by atoms with Crippen molar-refractivity contribution in [3.05, 3.63) is 83.2 Å². The lowest BCUT2D eigenvalue weighted by Crippen LogP contribution is -2.32. The molecule has 8 heteroatoms. The number of aryl methyl sites for hydroxylation is 1. The second-order valence-corrected chi connectivity index (χ2v) is 8.15. The van der Waals surface area contributed by atoms with Crippen molar-refractivity contribution < 1.29 is 13.9 Å². The third-order valence-electron chi connectivity index (χ3n) is 5.86. The van der Waals surface area contributed by atoms with Gasteiger partial charge in [0.25, 0.3) is 0 Å². The molecule has 1 fully saturated rings. The van der Waals surface area contributed by atoms with Gasteiger partial charge in [0.05, 0.1) is 37.0 Å². The van der Waals surface area contributed by atoms with E-state index in [1.165, 1.54) is 13.2 Å². The maximum absolute atomic E-state index is 14.6. The summed E-state index contributed by atoms with van der Waals surface area (Å²) in [7, 11) is 1.37. The first-order chi connectivity index (χ1) is 15.4. The maximum atomic E-state index is 14.6. The molecule has 0 bridgehead atoms. The predicted octanol–water partition coefficient (Wildman–Crippen LogP) is 4.16. The van der Waals surface area contributed by atoms with Gasteiger partial charge >= 0.3 is 5.97 Å². The van der Waals surface area contributed by atoms with Gasteiger partial charge in [0.2, 0.25) is 0 Å². The number of nitrogens with zero attached hydrogens (tertiary/aromatic N) is 3. The van der Waals surface area contributed by atoms with E-state index in [4.69, 9.17) is 17.0 Å². The summed E-state index contributed by atoms with van der Waals surface area (Å²) in [5.41, 5.74) is 4.16. The van der Waals surface area contributed by atoms with Crippen LogP contribution in [0.25, 0.3) is 5.69 Å². The van der Waals surface area contributed by atoms with E-state index in [0.29, 0.717) is 17.3 Å². The molecule has 4 rings (SSSR count). The second kappa shape index (κ2) is 9.08. The molecule has 166 valence electrons. The van der Waals surface area contributed by atoms with Crippen LogP contribution in [-0.2, 0) is 9.53 Å². The van der Waals surface area contributed by atoms with E-state index < -0.39 is 0 Å². The smallest absolute Gasteiger partial charge is 0.307 e. The molecule has 1 N–H and O–H groups in total. The molecule has 6 nitrogen and oxygen atoms in total. The van der Waals surface area contributed by atoms with Gasteiger partial charge in [-0.05, 0) is 62.0 Å². The number of thiocarbonyl (C=S) groups is 1. The first-order valence-corrected chi connectivity index (χ1v) is 10.8. The topological polar surface area (TPSA) is 59.4 Å². The number of pyridine rings is 1. The van der Waals surface area contributed by atoms with E-state index in [1.807, 2.05) is 47.6 Å². The van der Waals surface area contributed by atoms with E-state index in [-0.39, 0.29) is 30.3 Å². The van der Waals surface area contributed by atoms with Crippen molar-refractivity contribution in [2.45, 2.75) is 32.4 Å². The Morgan fingerprint density at radius 1 is 1.22 bits per heavy atom. The van der Waals surface area contributed by atoms with Gasteiger partial charge in [-0.1, -0.05) is 18.2 Å². The average molecular weight is 453 g/mol. The minimum Gasteiger partial charge on any atom is -0.469 e. The number of carbonyl (C=O) groups is 1. The number of aromatic nitrogens is 2. The summed E-state index contributed by atoms with van der Waals surface area (Å²) >= 11 is 5.65. The highest BCUT2D eigenvalue weighted by molar-refractivity contribution is 7.80. The molecule has 1 saturated heterocycles. The molecule has 3 heterocycles. The van der Waals surface area contributed by atoms with Crippen molar-refractivity contribution >= 4 is 23.3 Å². The van der Waals surface area contributed by atoms with Gasteiger partial charge in [0.1, 0.15) is 5.82 Å². The van der Waals surface area contributed by atoms with E-state index in [2.05, 4.69) is 16.4 Å². The number of hydrogen-bond acceptors (Lipinski definition) is 4. The highest BCUT2D eigenvalue weighted by Gasteiger charge is 2.41. The van der Waals surface area contributed by atoms with E-state index >= 15 is 0 Å². The lowest BCUT2D eigenvalue weighted by molar-refractivity contribution is -0.140. The zero-order valence-corrected chi connectivity index (χ0v) is 19.0. The molecule has 0 radical (unpaired) electrons. The largest absolute Gasteiger partial charge is 0.469 e. The molecule has 1 aromatic carbocycles. The molecule has 2 atom stereocenters. The summed E-state index contributed by atoms with van der Waals surface area (Å²) in [5, 5.41) is 3.92. The molecule has 0 amide bonds. The molecule has 0 unspecified atom stereocenters. The Hall–Kier alpha value is -3.26. The summed E-state index contributed by atoms with van der Waals surface area (Å²) < 4.78 is 21.4. The van der Waals surface area contributed by atoms with Gasteiger partial charge in [-0.2, -0.15) is 0 Å². The lowest BCUT2D eigenvalue weighted by Gasteiger charge is -2.28. The monoisotopic (exact) mass is 452 g/mol. The zero-order chi connectivity index (χ0) is 22.8. The molecule has 0 spiro atoms. The highest BCUT2D eigenvalue weighted by Crippen LogP contribution is 2.41. The van der Waals surface area contributed by atoms with Crippen molar-refractivity contribution in [3.63, 3.8) is 0 Å². The third kappa shape index (κ3) is 3.98. The summed E-state index contributed by atoms with van der Waals surface area (Å²) in [4.78, 5) is 18.4. The number of methoxy groups -OCH3 is 1. The zero-order valence-electron chi connectivity index (χ0n) is 18.2. The van der Waals surface area contributed by atoms with Crippen molar-refractivity contribution in [3.8, 4) is 5.69 Å². The van der Waals surface area contributed by atoms with Crippen LogP contribution in [0.4, 0.5) is 4.39 Å². The predicted molar refractivity (Wildman–Crippen MR) is 124 cm³/mol. The fourth-order valence-electron chi connectivity index (χ4n) is 4.39. The van der Waals surface area contributed by atoms with E-state index in [9.17, 15) is 9.18 Å². The first-order valence-electron chi connectivity index (χ1n) is 10.4. The summed E-state index contributed by atoms with van der Waals surface area (Å²) in [6, 6.07) is 14.1. The van der Waals surface area contributed by atoms with Crippen LogP contribution < -0.4 is 5.32 Å². The first kappa shape index (κ1) is 22.0. The van der Waals surface area contributed by atoms with Crippen LogP contribution in [0.3, 0.4) is 0 Å². The van der Waals surface area contributed by atoms with E-state index in [0.717, 1.165) is 22.6 Å². The van der Waals surface area contributed by atoms with Crippen LogP contribution in [0.2, 0.25) is 0 Å². The Balaban J connectivity index is 1.81. The number of esters is 1. The number of carbonyl (C=O) groups excluding carboxylic acids is 1. The van der Waals surface area contributed by atoms with Crippen LogP contribution in [0.15, 0.2) is 54.7 Å². The molecule has 1 aliphatic rings. The van der Waals surface area contributed by atoms with Gasteiger partial charge in [0, 0.05) is 24.1 Å². The Kier molecular flexibility index (Phi) is 6.23. The minimum atomic E-state index is -0.301. The van der Waals surface area contributed by atoms with Gasteiger partial charge in [-0.25, -0.2) is 4.39 Å². The van der Waals surface area contributed by atoms with Crippen LogP contribution in [0, 0.1) is 19.7 Å². The van der Waals surface area contributed by atoms with Crippen molar-refractivity contribution in [1.29, 1.82) is 0 Å². The molecule has 32 heavy (non-hydrogen) atoms. The maximum Gasteiger partial charge on any atom is 0.307 e. The summed E-state index contributed by atoms with van der Waals surface area (Å²) in [6.07, 6.45) is 1.95. The third-order valence-corrected chi connectivity index (χ3v) is 6.22. The Bertz CT molecular complexity index is 1150. The highest BCUT2D eigenvalue weighted by atomic mass is 32.1. The number of hydrogen-bond donors (Lipinski definition) is 1. The average Bonchev–Trinajstić information content (AvgIpc) is 3.28. The number of rotatable bonds is 6. The molecule has 3 aromatic rings.